The predicted molar refractivity (Wildman–Crippen MR) is 85.2 cm³/mol. The molecule has 3 nitrogen and oxygen atoms in total. The summed E-state index contributed by atoms with van der Waals surface area (Å²) >= 11 is 0. The van der Waals surface area contributed by atoms with Gasteiger partial charge in [-0.3, -0.25) is 4.79 Å². The summed E-state index contributed by atoms with van der Waals surface area (Å²) in [6.07, 6.45) is 0.0398. The van der Waals surface area contributed by atoms with E-state index in [2.05, 4.69) is 0 Å². The Morgan fingerprint density at radius 3 is 2.45 bits per heavy atom. The molecule has 1 saturated heterocycles. The van der Waals surface area contributed by atoms with E-state index in [-0.39, 0.29) is 35.2 Å². The van der Waals surface area contributed by atoms with Gasteiger partial charge in [-0.25, -0.2) is 4.39 Å². The van der Waals surface area contributed by atoms with Crippen LogP contribution < -0.4 is 0 Å². The van der Waals surface area contributed by atoms with Crippen molar-refractivity contribution in [2.75, 3.05) is 13.2 Å². The van der Waals surface area contributed by atoms with Gasteiger partial charge < -0.3 is 9.64 Å². The number of nitrogens with zero attached hydrogens (tertiary/aromatic N) is 1. The molecule has 0 N–H and O–H groups in total. The molecule has 0 bridgehead atoms. The predicted octanol–water partition coefficient (Wildman–Crippen LogP) is 3.59. The molecular weight excluding hydrogens is 281 g/mol. The van der Waals surface area contributed by atoms with E-state index < -0.39 is 0 Å². The second kappa shape index (κ2) is 6.37. The van der Waals surface area contributed by atoms with E-state index in [1.54, 1.807) is 12.1 Å². The van der Waals surface area contributed by atoms with Crippen molar-refractivity contribution in [2.45, 2.75) is 52.2 Å². The summed E-state index contributed by atoms with van der Waals surface area (Å²) < 4.78 is 18.9. The van der Waals surface area contributed by atoms with Crippen molar-refractivity contribution < 1.29 is 13.9 Å². The normalized spacial score (nSPS) is 22.7. The average Bonchev–Trinajstić information content (AvgIpc) is 2.43. The van der Waals surface area contributed by atoms with Crippen LogP contribution in [0.2, 0.25) is 0 Å². The van der Waals surface area contributed by atoms with E-state index in [0.717, 1.165) is 5.56 Å². The molecule has 1 aromatic rings. The largest absolute Gasteiger partial charge is 0.374 e. The van der Waals surface area contributed by atoms with Crippen LogP contribution in [0.3, 0.4) is 0 Å². The van der Waals surface area contributed by atoms with Gasteiger partial charge in [0.25, 0.3) is 0 Å². The van der Waals surface area contributed by atoms with Gasteiger partial charge in [-0.1, -0.05) is 26.0 Å². The molecule has 1 aliphatic heterocycles. The van der Waals surface area contributed by atoms with Crippen molar-refractivity contribution in [3.8, 4) is 0 Å². The molecular formula is C18H26FNO2. The summed E-state index contributed by atoms with van der Waals surface area (Å²) in [4.78, 5) is 15.1. The van der Waals surface area contributed by atoms with Gasteiger partial charge in [0.05, 0.1) is 24.2 Å². The molecule has 2 unspecified atom stereocenters. The quantitative estimate of drug-likeness (QED) is 0.854. The fourth-order valence-electron chi connectivity index (χ4n) is 3.02. The van der Waals surface area contributed by atoms with Gasteiger partial charge in [-0.05, 0) is 44.4 Å². The smallest absolute Gasteiger partial charge is 0.230 e. The van der Waals surface area contributed by atoms with Gasteiger partial charge in [0.2, 0.25) is 5.91 Å². The van der Waals surface area contributed by atoms with Crippen molar-refractivity contribution in [1.82, 2.24) is 4.90 Å². The molecule has 1 amide bonds. The van der Waals surface area contributed by atoms with E-state index in [9.17, 15) is 9.18 Å². The Morgan fingerprint density at radius 2 is 1.91 bits per heavy atom. The summed E-state index contributed by atoms with van der Waals surface area (Å²) in [6.45, 7) is 11.2. The molecule has 22 heavy (non-hydrogen) atoms. The van der Waals surface area contributed by atoms with Crippen molar-refractivity contribution in [2.24, 2.45) is 5.92 Å². The maximum Gasteiger partial charge on any atom is 0.230 e. The summed E-state index contributed by atoms with van der Waals surface area (Å²) in [5.41, 5.74) is 0.549. The van der Waals surface area contributed by atoms with Gasteiger partial charge in [0.15, 0.2) is 0 Å². The Hall–Kier alpha value is -1.42. The maximum atomic E-state index is 13.2. The van der Waals surface area contributed by atoms with E-state index in [1.165, 1.54) is 12.1 Å². The van der Waals surface area contributed by atoms with Crippen molar-refractivity contribution in [1.29, 1.82) is 0 Å². The first-order valence-electron chi connectivity index (χ1n) is 7.91. The number of ether oxygens (including phenoxy) is 1. The Morgan fingerprint density at radius 1 is 1.32 bits per heavy atom. The van der Waals surface area contributed by atoms with Crippen LogP contribution >= 0.6 is 0 Å². The fraction of sp³-hybridized carbons (Fsp3) is 0.611. The zero-order valence-electron chi connectivity index (χ0n) is 14.1. The van der Waals surface area contributed by atoms with E-state index in [0.29, 0.717) is 13.2 Å². The first-order valence-corrected chi connectivity index (χ1v) is 7.91. The average molecular weight is 307 g/mol. The van der Waals surface area contributed by atoms with Crippen LogP contribution in [-0.4, -0.2) is 35.6 Å². The zero-order chi connectivity index (χ0) is 16.5. The Bertz CT molecular complexity index is 524. The molecule has 1 aromatic carbocycles. The van der Waals surface area contributed by atoms with Gasteiger partial charge in [0.1, 0.15) is 5.82 Å². The van der Waals surface area contributed by atoms with Crippen LogP contribution in [0.25, 0.3) is 0 Å². The summed E-state index contributed by atoms with van der Waals surface area (Å²) in [5.74, 6) is -0.294. The number of benzene rings is 1. The van der Waals surface area contributed by atoms with Crippen LogP contribution in [0.1, 0.15) is 46.1 Å². The lowest BCUT2D eigenvalue weighted by molar-refractivity contribution is -0.155. The van der Waals surface area contributed by atoms with Crippen LogP contribution in [0.4, 0.5) is 4.39 Å². The standard InChI is InChI=1S/C18H26FNO2/c1-12(2)16(14-6-8-15(19)9-7-14)17(21)20-10-13(3)22-11-18(20,4)5/h6-9,12-13,16H,10-11H2,1-5H3. The van der Waals surface area contributed by atoms with Gasteiger partial charge in [-0.15, -0.1) is 0 Å². The van der Waals surface area contributed by atoms with E-state index >= 15 is 0 Å². The van der Waals surface area contributed by atoms with Crippen molar-refractivity contribution >= 4 is 5.91 Å². The third-order valence-corrected chi connectivity index (χ3v) is 4.32. The van der Waals surface area contributed by atoms with Crippen LogP contribution in [0, 0.1) is 11.7 Å². The molecule has 0 spiro atoms. The molecule has 0 saturated carbocycles. The van der Waals surface area contributed by atoms with Crippen molar-refractivity contribution in [3.63, 3.8) is 0 Å². The van der Waals surface area contributed by atoms with Gasteiger partial charge in [0, 0.05) is 6.54 Å². The minimum absolute atomic E-state index is 0.0398. The highest BCUT2D eigenvalue weighted by Gasteiger charge is 2.40. The van der Waals surface area contributed by atoms with Crippen LogP contribution in [0.5, 0.6) is 0 Å². The monoisotopic (exact) mass is 307 g/mol. The SMILES string of the molecule is CC1CN(C(=O)C(c2ccc(F)cc2)C(C)C)C(C)(C)CO1. The number of hydrogen-bond acceptors (Lipinski definition) is 2. The highest BCUT2D eigenvalue weighted by Crippen LogP contribution is 2.32. The fourth-order valence-corrected chi connectivity index (χ4v) is 3.02. The Kier molecular flexibility index (Phi) is 4.90. The third-order valence-electron chi connectivity index (χ3n) is 4.32. The lowest BCUT2D eigenvalue weighted by Crippen LogP contribution is -2.59. The number of hydrogen-bond donors (Lipinski definition) is 0. The molecule has 0 radical (unpaired) electrons. The zero-order valence-corrected chi connectivity index (χ0v) is 14.1. The molecule has 1 fully saturated rings. The van der Waals surface area contributed by atoms with Gasteiger partial charge >= 0.3 is 0 Å². The van der Waals surface area contributed by atoms with E-state index in [4.69, 9.17) is 4.74 Å². The third kappa shape index (κ3) is 3.49. The summed E-state index contributed by atoms with van der Waals surface area (Å²) in [6, 6.07) is 6.28. The number of morpholine rings is 1. The molecule has 4 heteroatoms. The topological polar surface area (TPSA) is 29.5 Å². The minimum atomic E-state index is -0.323. The molecule has 2 atom stereocenters. The number of rotatable bonds is 3. The first-order chi connectivity index (χ1) is 10.2. The highest BCUT2D eigenvalue weighted by molar-refractivity contribution is 5.84. The number of carbonyl (C=O) groups excluding carboxylic acids is 1. The molecule has 2 rings (SSSR count). The van der Waals surface area contributed by atoms with E-state index in [1.807, 2.05) is 39.5 Å². The minimum Gasteiger partial charge on any atom is -0.374 e. The number of halogens is 1. The number of amides is 1. The molecule has 0 aromatic heterocycles. The second-order valence-electron chi connectivity index (χ2n) is 7.16. The molecule has 1 aliphatic rings. The second-order valence-corrected chi connectivity index (χ2v) is 7.16. The van der Waals surface area contributed by atoms with Crippen LogP contribution in [-0.2, 0) is 9.53 Å². The maximum absolute atomic E-state index is 13.2. The Labute approximate surface area is 132 Å². The number of carbonyl (C=O) groups is 1. The lowest BCUT2D eigenvalue weighted by atomic mass is 9.85. The lowest BCUT2D eigenvalue weighted by Gasteiger charge is -2.46. The molecule has 1 heterocycles. The first kappa shape index (κ1) is 16.9. The highest BCUT2D eigenvalue weighted by atomic mass is 19.1. The summed E-state index contributed by atoms with van der Waals surface area (Å²) in [7, 11) is 0. The van der Waals surface area contributed by atoms with Gasteiger partial charge in [-0.2, -0.15) is 0 Å². The Balaban J connectivity index is 2.31. The van der Waals surface area contributed by atoms with Crippen LogP contribution in [0.15, 0.2) is 24.3 Å². The molecule has 122 valence electrons. The van der Waals surface area contributed by atoms with Crippen molar-refractivity contribution in [3.05, 3.63) is 35.6 Å². The summed E-state index contributed by atoms with van der Waals surface area (Å²) in [5, 5.41) is 0. The molecule has 0 aliphatic carbocycles.